The fourth-order valence-electron chi connectivity index (χ4n) is 4.02. The number of unbranched alkanes of at least 4 members (excludes halogenated alkanes) is 1. The quantitative estimate of drug-likeness (QED) is 0.399. The molecule has 0 radical (unpaired) electrons. The molecule has 0 spiro atoms. The molecule has 34 heavy (non-hydrogen) atoms. The van der Waals surface area contributed by atoms with E-state index < -0.39 is 0 Å². The maximum Gasteiger partial charge on any atom is 0.269 e. The van der Waals surface area contributed by atoms with E-state index in [1.165, 1.54) is 17.4 Å². The van der Waals surface area contributed by atoms with E-state index in [9.17, 15) is 4.79 Å². The zero-order valence-electron chi connectivity index (χ0n) is 20.5. The number of hydrogen-bond donors (Lipinski definition) is 0. The molecule has 1 amide bonds. The lowest BCUT2D eigenvalue weighted by molar-refractivity contribution is -0.122. The first-order valence-electron chi connectivity index (χ1n) is 11.8. The van der Waals surface area contributed by atoms with Crippen LogP contribution < -0.4 is 14.5 Å². The van der Waals surface area contributed by atoms with Gasteiger partial charge in [-0.3, -0.25) is 9.69 Å². The van der Waals surface area contributed by atoms with Crippen LogP contribution in [0.15, 0.2) is 62.3 Å². The molecular formula is C26H32N4O2S2. The largest absolute Gasteiger partial charge is 0.497 e. The van der Waals surface area contributed by atoms with Crippen LogP contribution in [0.2, 0.25) is 0 Å². The summed E-state index contributed by atoms with van der Waals surface area (Å²) in [5, 5.41) is 1.70. The van der Waals surface area contributed by atoms with Crippen molar-refractivity contribution in [2.24, 2.45) is 4.99 Å². The number of ether oxygens (including phenoxy) is 1. The molecule has 0 bridgehead atoms. The van der Waals surface area contributed by atoms with Gasteiger partial charge in [0, 0.05) is 43.3 Å². The van der Waals surface area contributed by atoms with E-state index in [1.54, 1.807) is 18.9 Å². The zero-order valence-corrected chi connectivity index (χ0v) is 22.1. The van der Waals surface area contributed by atoms with Gasteiger partial charge in [-0.1, -0.05) is 25.1 Å². The summed E-state index contributed by atoms with van der Waals surface area (Å²) in [6, 6.07) is 14.3. The number of methoxy groups -OCH3 is 1. The van der Waals surface area contributed by atoms with E-state index in [0.29, 0.717) is 6.54 Å². The van der Waals surface area contributed by atoms with Crippen LogP contribution in [-0.4, -0.2) is 49.8 Å². The Kier molecular flexibility index (Phi) is 7.78. The van der Waals surface area contributed by atoms with E-state index >= 15 is 0 Å². The minimum atomic E-state index is 0.0334. The first-order chi connectivity index (χ1) is 16.5. The number of thioether (sulfide) groups is 2. The first kappa shape index (κ1) is 24.5. The summed E-state index contributed by atoms with van der Waals surface area (Å²) >= 11 is 3.11. The number of hydrogen-bond acceptors (Lipinski definition) is 7. The molecule has 2 aromatic rings. The van der Waals surface area contributed by atoms with Gasteiger partial charge in [-0.15, -0.1) is 0 Å². The minimum absolute atomic E-state index is 0.0334. The molecule has 1 fully saturated rings. The molecule has 4 rings (SSSR count). The number of amides is 1. The van der Waals surface area contributed by atoms with Crippen LogP contribution in [0, 0.1) is 0 Å². The standard InChI is InChI=1S/C26H32N4O2S2/c1-6-9-16-30-24(31)23(25-28(4)21-17-20(32-5)14-15-22(21)33-25)34-26(30)27-18-10-12-19(13-11-18)29(7-2)8-3/h10-15,17H,6-9,16H2,1-5H3/b25-23-,27-26?. The lowest BCUT2D eigenvalue weighted by Crippen LogP contribution is -2.30. The molecule has 0 N–H and O–H groups in total. The van der Waals surface area contributed by atoms with E-state index in [4.69, 9.17) is 9.73 Å². The van der Waals surface area contributed by atoms with Crippen molar-refractivity contribution in [1.82, 2.24) is 4.90 Å². The molecule has 0 unspecified atom stereocenters. The van der Waals surface area contributed by atoms with Crippen molar-refractivity contribution in [3.05, 3.63) is 52.4 Å². The first-order valence-corrected chi connectivity index (χ1v) is 13.4. The van der Waals surface area contributed by atoms with E-state index in [-0.39, 0.29) is 5.91 Å². The second-order valence-electron chi connectivity index (χ2n) is 8.12. The Morgan fingerprint density at radius 2 is 1.76 bits per heavy atom. The lowest BCUT2D eigenvalue weighted by Gasteiger charge is -2.21. The predicted molar refractivity (Wildman–Crippen MR) is 146 cm³/mol. The second-order valence-corrected chi connectivity index (χ2v) is 10.1. The van der Waals surface area contributed by atoms with Gasteiger partial charge in [0.25, 0.3) is 5.91 Å². The van der Waals surface area contributed by atoms with Crippen LogP contribution in [0.25, 0.3) is 0 Å². The number of anilines is 2. The number of carbonyl (C=O) groups excluding carboxylic acids is 1. The summed E-state index contributed by atoms with van der Waals surface area (Å²) in [6.07, 6.45) is 1.96. The molecule has 2 aromatic carbocycles. The summed E-state index contributed by atoms with van der Waals surface area (Å²) in [6.45, 7) is 9.06. The third-order valence-corrected chi connectivity index (χ3v) is 8.47. The lowest BCUT2D eigenvalue weighted by atomic mass is 10.2. The van der Waals surface area contributed by atoms with Gasteiger partial charge in [0.1, 0.15) is 10.7 Å². The highest BCUT2D eigenvalue weighted by Crippen LogP contribution is 2.51. The molecular weight excluding hydrogens is 464 g/mol. The number of aliphatic imine (C=N–C) groups is 1. The molecule has 6 nitrogen and oxygen atoms in total. The van der Waals surface area contributed by atoms with Crippen molar-refractivity contribution in [2.45, 2.75) is 38.5 Å². The van der Waals surface area contributed by atoms with Crippen LogP contribution >= 0.6 is 23.5 Å². The van der Waals surface area contributed by atoms with Crippen molar-refractivity contribution >= 4 is 51.7 Å². The Morgan fingerprint density at radius 3 is 2.41 bits per heavy atom. The Hall–Kier alpha value is -2.58. The average Bonchev–Trinajstić information content (AvgIpc) is 3.34. The molecule has 8 heteroatoms. The SMILES string of the molecule is CCCCN1C(=O)/C(=C2/Sc3ccc(OC)cc3N2C)SC1=Nc1ccc(N(CC)CC)cc1. The predicted octanol–water partition coefficient (Wildman–Crippen LogP) is 6.32. The summed E-state index contributed by atoms with van der Waals surface area (Å²) in [4.78, 5) is 26.5. The highest BCUT2D eigenvalue weighted by atomic mass is 32.2. The van der Waals surface area contributed by atoms with Crippen LogP contribution in [0.4, 0.5) is 17.1 Å². The second kappa shape index (κ2) is 10.8. The topological polar surface area (TPSA) is 48.4 Å². The summed E-state index contributed by atoms with van der Waals surface area (Å²) in [7, 11) is 3.67. The number of amidine groups is 1. The fraction of sp³-hybridized carbons (Fsp3) is 0.385. The monoisotopic (exact) mass is 496 g/mol. The van der Waals surface area contributed by atoms with Crippen molar-refractivity contribution in [3.63, 3.8) is 0 Å². The molecule has 180 valence electrons. The Morgan fingerprint density at radius 1 is 1.03 bits per heavy atom. The number of rotatable bonds is 8. The van der Waals surface area contributed by atoms with Gasteiger partial charge in [0.2, 0.25) is 0 Å². The molecule has 0 saturated carbocycles. The minimum Gasteiger partial charge on any atom is -0.497 e. The molecule has 0 aromatic heterocycles. The molecule has 0 atom stereocenters. The molecule has 1 saturated heterocycles. The Balaban J connectivity index is 1.66. The Bertz CT molecular complexity index is 1110. The van der Waals surface area contributed by atoms with Gasteiger partial charge in [0.15, 0.2) is 5.17 Å². The van der Waals surface area contributed by atoms with E-state index in [0.717, 1.165) is 63.1 Å². The summed E-state index contributed by atoms with van der Waals surface area (Å²) in [5.74, 6) is 0.842. The van der Waals surface area contributed by atoms with Crippen LogP contribution in [0.1, 0.15) is 33.6 Å². The van der Waals surface area contributed by atoms with Crippen molar-refractivity contribution in [1.29, 1.82) is 0 Å². The third-order valence-electron chi connectivity index (χ3n) is 6.03. The van der Waals surface area contributed by atoms with Crippen LogP contribution in [0.5, 0.6) is 5.75 Å². The van der Waals surface area contributed by atoms with Crippen molar-refractivity contribution in [2.75, 3.05) is 43.6 Å². The highest BCUT2D eigenvalue weighted by Gasteiger charge is 2.39. The van der Waals surface area contributed by atoms with E-state index in [1.807, 2.05) is 42.3 Å². The highest BCUT2D eigenvalue weighted by molar-refractivity contribution is 8.19. The zero-order chi connectivity index (χ0) is 24.2. The smallest absolute Gasteiger partial charge is 0.269 e. The number of fused-ring (bicyclic) bond motifs is 1. The van der Waals surface area contributed by atoms with Gasteiger partial charge in [-0.05, 0) is 68.4 Å². The van der Waals surface area contributed by atoms with Gasteiger partial charge in [-0.25, -0.2) is 4.99 Å². The van der Waals surface area contributed by atoms with E-state index in [2.05, 4.69) is 42.7 Å². The number of carbonyl (C=O) groups is 1. The Labute approximate surface area is 211 Å². The fourth-order valence-corrected chi connectivity index (χ4v) is 6.37. The maximum atomic E-state index is 13.5. The number of benzene rings is 2. The van der Waals surface area contributed by atoms with Crippen molar-refractivity contribution in [3.8, 4) is 5.75 Å². The third kappa shape index (κ3) is 4.79. The summed E-state index contributed by atoms with van der Waals surface area (Å²) in [5.41, 5.74) is 3.10. The molecule has 2 aliphatic heterocycles. The van der Waals surface area contributed by atoms with Crippen molar-refractivity contribution < 1.29 is 9.53 Å². The van der Waals surface area contributed by atoms with Gasteiger partial charge in [0.05, 0.1) is 23.5 Å². The molecule has 0 aliphatic carbocycles. The van der Waals surface area contributed by atoms with Crippen LogP contribution in [0.3, 0.4) is 0 Å². The molecule has 2 aliphatic rings. The normalized spacial score (nSPS) is 18.7. The average molecular weight is 497 g/mol. The van der Waals surface area contributed by atoms with Crippen LogP contribution in [-0.2, 0) is 4.79 Å². The number of nitrogens with zero attached hydrogens (tertiary/aromatic N) is 4. The van der Waals surface area contributed by atoms with Gasteiger partial charge < -0.3 is 14.5 Å². The van der Waals surface area contributed by atoms with Gasteiger partial charge in [-0.2, -0.15) is 0 Å². The maximum absolute atomic E-state index is 13.5. The summed E-state index contributed by atoms with van der Waals surface area (Å²) < 4.78 is 5.40. The molecule has 2 heterocycles. The van der Waals surface area contributed by atoms with Gasteiger partial charge >= 0.3 is 0 Å².